The average molecular weight is 677 g/mol. The third-order valence-electron chi connectivity index (χ3n) is 10.7. The Hall–Kier alpha value is -7.17. The molecule has 0 unspecified atom stereocenters. The number of fused-ring (bicyclic) bond motifs is 7. The van der Waals surface area contributed by atoms with E-state index in [4.69, 9.17) is 4.98 Å². The highest BCUT2D eigenvalue weighted by Crippen LogP contribution is 2.39. The first-order chi connectivity index (χ1) is 26.3. The average Bonchev–Trinajstić information content (AvgIpc) is 3.89. The van der Waals surface area contributed by atoms with Gasteiger partial charge < -0.3 is 9.13 Å². The predicted octanol–water partition coefficient (Wildman–Crippen LogP) is 12.6. The third-order valence-corrected chi connectivity index (χ3v) is 10.7. The van der Waals surface area contributed by atoms with E-state index in [-0.39, 0.29) is 0 Å². The number of benzene rings is 8. The van der Waals surface area contributed by atoms with E-state index >= 15 is 0 Å². The molecular formula is C49H32N4. The van der Waals surface area contributed by atoms with Crippen LogP contribution in [0.4, 0.5) is 0 Å². The number of imidazole rings is 1. The molecule has 0 fully saturated rings. The van der Waals surface area contributed by atoms with Crippen molar-refractivity contribution >= 4 is 54.6 Å². The molecule has 0 aliphatic carbocycles. The molecule has 8 aromatic carbocycles. The maximum atomic E-state index is 5.09. The summed E-state index contributed by atoms with van der Waals surface area (Å²) in [5.41, 5.74) is 13.7. The first-order valence-corrected chi connectivity index (χ1v) is 18.1. The second-order valence-corrected chi connectivity index (χ2v) is 13.6. The molecule has 0 saturated heterocycles. The van der Waals surface area contributed by atoms with Crippen molar-refractivity contribution in [1.82, 2.24) is 18.7 Å². The molecule has 0 aliphatic heterocycles. The van der Waals surface area contributed by atoms with Crippen LogP contribution in [0, 0.1) is 0 Å². The quantitative estimate of drug-likeness (QED) is 0.178. The highest BCUT2D eigenvalue weighted by Gasteiger charge is 2.18. The molecular weight excluding hydrogens is 645 g/mol. The first kappa shape index (κ1) is 29.5. The van der Waals surface area contributed by atoms with Crippen LogP contribution in [0.5, 0.6) is 0 Å². The second kappa shape index (κ2) is 11.7. The van der Waals surface area contributed by atoms with Crippen LogP contribution in [0.2, 0.25) is 0 Å². The maximum absolute atomic E-state index is 5.09. The number of hydrogen-bond donors (Lipinski definition) is 0. The van der Waals surface area contributed by atoms with Crippen LogP contribution in [0.25, 0.3) is 94.2 Å². The summed E-state index contributed by atoms with van der Waals surface area (Å²) in [5.74, 6) is 0.933. The van der Waals surface area contributed by atoms with Crippen molar-refractivity contribution in [1.29, 1.82) is 0 Å². The summed E-state index contributed by atoms with van der Waals surface area (Å²) >= 11 is 0. The first-order valence-electron chi connectivity index (χ1n) is 18.1. The van der Waals surface area contributed by atoms with Crippen LogP contribution >= 0.6 is 0 Å². The van der Waals surface area contributed by atoms with E-state index in [1.807, 2.05) is 6.07 Å². The summed E-state index contributed by atoms with van der Waals surface area (Å²) in [4.78, 5) is 5.09. The van der Waals surface area contributed by atoms with Crippen molar-refractivity contribution in [3.05, 3.63) is 194 Å². The minimum absolute atomic E-state index is 0.933. The van der Waals surface area contributed by atoms with Crippen LogP contribution in [0.1, 0.15) is 0 Å². The molecule has 53 heavy (non-hydrogen) atoms. The zero-order chi connectivity index (χ0) is 34.9. The van der Waals surface area contributed by atoms with Crippen LogP contribution in [0.15, 0.2) is 194 Å². The fourth-order valence-corrected chi connectivity index (χ4v) is 8.26. The van der Waals surface area contributed by atoms with E-state index in [9.17, 15) is 0 Å². The minimum atomic E-state index is 0.933. The fraction of sp³-hybridized carbons (Fsp3) is 0. The van der Waals surface area contributed by atoms with Gasteiger partial charge in [-0.05, 0) is 90.0 Å². The van der Waals surface area contributed by atoms with Gasteiger partial charge in [0.15, 0.2) is 0 Å². The van der Waals surface area contributed by atoms with Gasteiger partial charge in [-0.1, -0.05) is 115 Å². The monoisotopic (exact) mass is 676 g/mol. The number of aromatic nitrogens is 4. The van der Waals surface area contributed by atoms with Crippen molar-refractivity contribution in [3.63, 3.8) is 0 Å². The van der Waals surface area contributed by atoms with Crippen LogP contribution < -0.4 is 0 Å². The third kappa shape index (κ3) is 4.59. The van der Waals surface area contributed by atoms with Gasteiger partial charge >= 0.3 is 0 Å². The number of hydrogen-bond acceptors (Lipinski definition) is 1. The van der Waals surface area contributed by atoms with E-state index < -0.39 is 0 Å². The molecule has 0 atom stereocenters. The van der Waals surface area contributed by atoms with Gasteiger partial charge in [0.1, 0.15) is 5.82 Å². The Morgan fingerprint density at radius 1 is 0.283 bits per heavy atom. The molecule has 0 saturated carbocycles. The summed E-state index contributed by atoms with van der Waals surface area (Å²) in [6.07, 6.45) is 0. The number of para-hydroxylation sites is 6. The molecule has 3 aromatic heterocycles. The molecule has 248 valence electrons. The zero-order valence-corrected chi connectivity index (χ0v) is 28.8. The SMILES string of the molecule is c1ccc(-n2c(-c3ccc(-c4ccc5c(c4)c4cc(-n6c7ccccc7c7ccccc76)ccc4n5-c4ccccc4)cc3)nc3ccccc32)cc1. The van der Waals surface area contributed by atoms with E-state index in [2.05, 4.69) is 202 Å². The maximum Gasteiger partial charge on any atom is 0.145 e. The van der Waals surface area contributed by atoms with Gasteiger partial charge in [0.25, 0.3) is 0 Å². The van der Waals surface area contributed by atoms with Gasteiger partial charge in [0.2, 0.25) is 0 Å². The molecule has 0 radical (unpaired) electrons. The van der Waals surface area contributed by atoms with Crippen LogP contribution in [-0.4, -0.2) is 18.7 Å². The Balaban J connectivity index is 1.08. The molecule has 4 heteroatoms. The highest BCUT2D eigenvalue weighted by molar-refractivity contribution is 6.13. The summed E-state index contributed by atoms with van der Waals surface area (Å²) in [6, 6.07) is 69.6. The van der Waals surface area contributed by atoms with Gasteiger partial charge in [-0.3, -0.25) is 4.57 Å². The Bertz CT molecular complexity index is 3090. The Morgan fingerprint density at radius 3 is 1.43 bits per heavy atom. The minimum Gasteiger partial charge on any atom is -0.309 e. The molecule has 0 bridgehead atoms. The lowest BCUT2D eigenvalue weighted by atomic mass is 10.0. The summed E-state index contributed by atoms with van der Waals surface area (Å²) in [5, 5.41) is 4.97. The Morgan fingerprint density at radius 2 is 0.755 bits per heavy atom. The van der Waals surface area contributed by atoms with E-state index in [1.165, 1.54) is 49.2 Å². The van der Waals surface area contributed by atoms with Gasteiger partial charge in [0.05, 0.1) is 33.1 Å². The molecule has 3 heterocycles. The van der Waals surface area contributed by atoms with Gasteiger partial charge in [0, 0.05) is 44.2 Å². The molecule has 11 aromatic rings. The van der Waals surface area contributed by atoms with Crippen molar-refractivity contribution in [2.24, 2.45) is 0 Å². The standard InChI is InChI=1S/C49H32N4/c1-3-13-36(14-4-1)51-46-29-27-35(33-23-25-34(26-24-33)49-50-43-19-9-12-22-48(43)53(49)37-15-5-2-6-16-37)31-41(46)42-32-38(28-30-47(42)51)52-44-20-10-7-17-39(44)40-18-8-11-21-45(40)52/h1-32H. The van der Waals surface area contributed by atoms with Crippen molar-refractivity contribution in [2.75, 3.05) is 0 Å². The van der Waals surface area contributed by atoms with Gasteiger partial charge in [-0.2, -0.15) is 0 Å². The molecule has 0 N–H and O–H groups in total. The lowest BCUT2D eigenvalue weighted by Gasteiger charge is -2.10. The van der Waals surface area contributed by atoms with Crippen LogP contribution in [0.3, 0.4) is 0 Å². The Kier molecular flexibility index (Phi) is 6.52. The lowest BCUT2D eigenvalue weighted by Crippen LogP contribution is -1.97. The van der Waals surface area contributed by atoms with Gasteiger partial charge in [-0.15, -0.1) is 0 Å². The van der Waals surface area contributed by atoms with Crippen molar-refractivity contribution < 1.29 is 0 Å². The molecule has 11 rings (SSSR count). The number of rotatable bonds is 5. The van der Waals surface area contributed by atoms with E-state index in [1.54, 1.807) is 0 Å². The fourth-order valence-electron chi connectivity index (χ4n) is 8.26. The zero-order valence-electron chi connectivity index (χ0n) is 28.8. The highest BCUT2D eigenvalue weighted by atomic mass is 15.1. The van der Waals surface area contributed by atoms with Gasteiger partial charge in [-0.25, -0.2) is 4.98 Å². The van der Waals surface area contributed by atoms with Crippen LogP contribution in [-0.2, 0) is 0 Å². The smallest absolute Gasteiger partial charge is 0.145 e. The molecule has 0 spiro atoms. The summed E-state index contributed by atoms with van der Waals surface area (Å²) < 4.78 is 7.05. The summed E-state index contributed by atoms with van der Waals surface area (Å²) in [6.45, 7) is 0. The van der Waals surface area contributed by atoms with Crippen molar-refractivity contribution in [2.45, 2.75) is 0 Å². The largest absolute Gasteiger partial charge is 0.309 e. The lowest BCUT2D eigenvalue weighted by molar-refractivity contribution is 1.10. The number of nitrogens with zero attached hydrogens (tertiary/aromatic N) is 4. The second-order valence-electron chi connectivity index (χ2n) is 13.6. The topological polar surface area (TPSA) is 27.7 Å². The molecule has 4 nitrogen and oxygen atoms in total. The molecule has 0 aliphatic rings. The van der Waals surface area contributed by atoms with E-state index in [0.29, 0.717) is 0 Å². The predicted molar refractivity (Wildman–Crippen MR) is 221 cm³/mol. The van der Waals surface area contributed by atoms with Crippen molar-refractivity contribution in [3.8, 4) is 39.6 Å². The van der Waals surface area contributed by atoms with E-state index in [0.717, 1.165) is 45.0 Å². The summed E-state index contributed by atoms with van der Waals surface area (Å²) in [7, 11) is 0. The molecule has 0 amide bonds. The Labute approximate surface area is 306 Å². The normalized spacial score (nSPS) is 11.8.